The Labute approximate surface area is 117 Å². The van der Waals surface area contributed by atoms with Gasteiger partial charge in [0.05, 0.1) is 6.26 Å². The predicted molar refractivity (Wildman–Crippen MR) is 66.2 cm³/mol. The average Bonchev–Trinajstić information content (AvgIpc) is 2.96. The van der Waals surface area contributed by atoms with Gasteiger partial charge in [0.25, 0.3) is 0 Å². The van der Waals surface area contributed by atoms with Gasteiger partial charge in [-0.1, -0.05) is 0 Å². The molecule has 8 heteroatoms. The molecule has 0 aliphatic heterocycles. The molecule has 2 rings (SSSR count). The van der Waals surface area contributed by atoms with Gasteiger partial charge in [-0.3, -0.25) is 4.98 Å². The van der Waals surface area contributed by atoms with Gasteiger partial charge in [-0.05, 0) is 23.8 Å². The van der Waals surface area contributed by atoms with E-state index in [1.807, 2.05) is 0 Å². The van der Waals surface area contributed by atoms with Crippen LogP contribution in [0.1, 0.15) is 5.56 Å². The number of alkyl halides is 3. The fourth-order valence-corrected chi connectivity index (χ4v) is 1.53. The van der Waals surface area contributed by atoms with Crippen LogP contribution in [0.25, 0.3) is 11.3 Å². The molecule has 0 atom stereocenters. The molecule has 0 unspecified atom stereocenters. The fraction of sp³-hybridized carbons (Fsp3) is 0.231. The van der Waals surface area contributed by atoms with Crippen molar-refractivity contribution in [1.82, 2.24) is 10.3 Å². The molecule has 0 aromatic carbocycles. The van der Waals surface area contributed by atoms with Crippen molar-refractivity contribution in [3.8, 4) is 11.3 Å². The van der Waals surface area contributed by atoms with E-state index in [1.54, 1.807) is 24.4 Å². The molecule has 21 heavy (non-hydrogen) atoms. The molecule has 0 saturated heterocycles. The van der Waals surface area contributed by atoms with Crippen molar-refractivity contribution in [3.05, 3.63) is 42.4 Å². The highest BCUT2D eigenvalue weighted by Gasteiger charge is 2.29. The first-order valence-electron chi connectivity index (χ1n) is 5.89. The number of nitrogens with one attached hydrogen (secondary N) is 1. The van der Waals surface area contributed by atoms with E-state index >= 15 is 0 Å². The number of nitrogens with zero attached hydrogens (tertiary/aromatic N) is 1. The predicted octanol–water partition coefficient (Wildman–Crippen LogP) is 3.13. The van der Waals surface area contributed by atoms with Crippen molar-refractivity contribution in [3.63, 3.8) is 0 Å². The number of pyridine rings is 1. The Hall–Kier alpha value is -2.51. The molecule has 0 bridgehead atoms. The number of carbonyl (C=O) groups excluding carboxylic acids is 1. The Bertz CT molecular complexity index is 597. The van der Waals surface area contributed by atoms with Crippen molar-refractivity contribution in [1.29, 1.82) is 0 Å². The minimum atomic E-state index is -4.54. The van der Waals surface area contributed by atoms with Crippen molar-refractivity contribution < 1.29 is 27.1 Å². The zero-order valence-corrected chi connectivity index (χ0v) is 10.7. The molecule has 112 valence electrons. The third-order valence-corrected chi connectivity index (χ3v) is 2.40. The van der Waals surface area contributed by atoms with Crippen LogP contribution in [-0.2, 0) is 11.3 Å². The number of alkyl carbamates (subject to hydrolysis) is 1. The van der Waals surface area contributed by atoms with E-state index in [2.05, 4.69) is 15.0 Å². The van der Waals surface area contributed by atoms with Crippen LogP contribution in [-0.4, -0.2) is 23.9 Å². The standard InChI is InChI=1S/C13H11F3N2O3/c14-13(15,16)8-21-12(19)18-6-9-4-10(7-17-5-9)11-2-1-3-20-11/h1-5,7H,6,8H2,(H,18,19). The molecule has 0 fully saturated rings. The molecule has 0 spiro atoms. The smallest absolute Gasteiger partial charge is 0.422 e. The molecule has 0 saturated carbocycles. The summed E-state index contributed by atoms with van der Waals surface area (Å²) in [5, 5.41) is 2.21. The van der Waals surface area contributed by atoms with Gasteiger partial charge in [0, 0.05) is 24.5 Å². The Morgan fingerprint density at radius 3 is 2.86 bits per heavy atom. The summed E-state index contributed by atoms with van der Waals surface area (Å²) < 4.78 is 44.8. The quantitative estimate of drug-likeness (QED) is 0.942. The van der Waals surface area contributed by atoms with Crippen LogP contribution in [0.3, 0.4) is 0 Å². The SMILES string of the molecule is O=C(NCc1cncc(-c2ccco2)c1)OCC(F)(F)F. The number of carbonyl (C=O) groups is 1. The highest BCUT2D eigenvalue weighted by atomic mass is 19.4. The Morgan fingerprint density at radius 1 is 1.38 bits per heavy atom. The maximum atomic E-state index is 11.9. The van der Waals surface area contributed by atoms with E-state index in [0.29, 0.717) is 16.9 Å². The number of hydrogen-bond acceptors (Lipinski definition) is 4. The van der Waals surface area contributed by atoms with Crippen LogP contribution in [0.2, 0.25) is 0 Å². The van der Waals surface area contributed by atoms with Gasteiger partial charge in [0.15, 0.2) is 6.61 Å². The second-order valence-corrected chi connectivity index (χ2v) is 4.10. The zero-order chi connectivity index (χ0) is 15.3. The summed E-state index contributed by atoms with van der Waals surface area (Å²) in [6, 6.07) is 5.16. The number of ether oxygens (including phenoxy) is 1. The lowest BCUT2D eigenvalue weighted by atomic mass is 10.1. The van der Waals surface area contributed by atoms with E-state index in [0.717, 1.165) is 0 Å². The van der Waals surface area contributed by atoms with Crippen LogP contribution in [0.5, 0.6) is 0 Å². The topological polar surface area (TPSA) is 64.4 Å². The molecule has 5 nitrogen and oxygen atoms in total. The van der Waals surface area contributed by atoms with Crippen LogP contribution in [0, 0.1) is 0 Å². The van der Waals surface area contributed by atoms with E-state index in [1.165, 1.54) is 12.5 Å². The van der Waals surface area contributed by atoms with Gasteiger partial charge in [-0.15, -0.1) is 0 Å². The second kappa shape index (κ2) is 6.29. The largest absolute Gasteiger partial charge is 0.464 e. The van der Waals surface area contributed by atoms with Crippen LogP contribution >= 0.6 is 0 Å². The van der Waals surface area contributed by atoms with Gasteiger partial charge >= 0.3 is 12.3 Å². The first kappa shape index (κ1) is 14.9. The third-order valence-electron chi connectivity index (χ3n) is 2.40. The summed E-state index contributed by atoms with van der Waals surface area (Å²) in [6.07, 6.45) is -1.12. The van der Waals surface area contributed by atoms with Gasteiger partial charge in [-0.2, -0.15) is 13.2 Å². The van der Waals surface area contributed by atoms with Gasteiger partial charge in [0.1, 0.15) is 5.76 Å². The first-order chi connectivity index (χ1) is 9.94. The number of rotatable bonds is 4. The van der Waals surface area contributed by atoms with Crippen molar-refractivity contribution in [2.24, 2.45) is 0 Å². The number of halogens is 3. The number of aromatic nitrogens is 1. The van der Waals surface area contributed by atoms with E-state index in [-0.39, 0.29) is 6.54 Å². The minimum Gasteiger partial charge on any atom is -0.464 e. The van der Waals surface area contributed by atoms with Crippen LogP contribution in [0.4, 0.5) is 18.0 Å². The lowest BCUT2D eigenvalue weighted by Crippen LogP contribution is -2.28. The first-order valence-corrected chi connectivity index (χ1v) is 5.89. The van der Waals surface area contributed by atoms with Crippen LogP contribution in [0.15, 0.2) is 41.3 Å². The highest BCUT2D eigenvalue weighted by Crippen LogP contribution is 2.19. The molecular formula is C13H11F3N2O3. The summed E-state index contributed by atoms with van der Waals surface area (Å²) in [6.45, 7) is -1.62. The molecule has 2 aromatic heterocycles. The number of amides is 1. The third kappa shape index (κ3) is 4.83. The average molecular weight is 300 g/mol. The lowest BCUT2D eigenvalue weighted by Gasteiger charge is -2.09. The Kier molecular flexibility index (Phi) is 4.46. The summed E-state index contributed by atoms with van der Waals surface area (Å²) in [5.41, 5.74) is 1.30. The van der Waals surface area contributed by atoms with E-state index < -0.39 is 18.9 Å². The van der Waals surface area contributed by atoms with Gasteiger partial charge in [-0.25, -0.2) is 4.79 Å². The highest BCUT2D eigenvalue weighted by molar-refractivity contribution is 5.67. The molecule has 0 radical (unpaired) electrons. The minimum absolute atomic E-state index is 0.00175. The Morgan fingerprint density at radius 2 is 2.19 bits per heavy atom. The summed E-state index contributed by atoms with van der Waals surface area (Å²) >= 11 is 0. The molecule has 0 aliphatic rings. The molecule has 1 N–H and O–H groups in total. The molecule has 1 amide bonds. The summed E-state index contributed by atoms with van der Waals surface area (Å²) in [4.78, 5) is 15.1. The van der Waals surface area contributed by atoms with Crippen LogP contribution < -0.4 is 5.32 Å². The van der Waals surface area contributed by atoms with Crippen molar-refractivity contribution in [2.45, 2.75) is 12.7 Å². The lowest BCUT2D eigenvalue weighted by molar-refractivity contribution is -0.160. The van der Waals surface area contributed by atoms with Gasteiger partial charge in [0.2, 0.25) is 0 Å². The number of hydrogen-bond donors (Lipinski definition) is 1. The molecule has 2 heterocycles. The molecule has 2 aromatic rings. The van der Waals surface area contributed by atoms with Crippen molar-refractivity contribution >= 4 is 6.09 Å². The molecular weight excluding hydrogens is 289 g/mol. The monoisotopic (exact) mass is 300 g/mol. The number of furan rings is 1. The maximum absolute atomic E-state index is 11.9. The van der Waals surface area contributed by atoms with Gasteiger partial charge < -0.3 is 14.5 Å². The maximum Gasteiger partial charge on any atom is 0.422 e. The van der Waals surface area contributed by atoms with E-state index in [4.69, 9.17) is 4.42 Å². The summed E-state index contributed by atoms with van der Waals surface area (Å²) in [7, 11) is 0. The summed E-state index contributed by atoms with van der Waals surface area (Å²) in [5.74, 6) is 0.601. The normalized spacial score (nSPS) is 11.2. The Balaban J connectivity index is 1.89. The van der Waals surface area contributed by atoms with Crippen molar-refractivity contribution in [2.75, 3.05) is 6.61 Å². The zero-order valence-electron chi connectivity index (χ0n) is 10.7. The second-order valence-electron chi connectivity index (χ2n) is 4.10. The fourth-order valence-electron chi connectivity index (χ4n) is 1.53. The van der Waals surface area contributed by atoms with E-state index in [9.17, 15) is 18.0 Å². The molecule has 0 aliphatic carbocycles.